The Morgan fingerprint density at radius 3 is 2.75 bits per heavy atom. The molecule has 5 nitrogen and oxygen atoms in total. The lowest BCUT2D eigenvalue weighted by Crippen LogP contribution is -2.65. The lowest BCUT2D eigenvalue weighted by Gasteiger charge is -2.65. The molecule has 0 bridgehead atoms. The van der Waals surface area contributed by atoms with Crippen molar-refractivity contribution in [1.82, 2.24) is 0 Å². The zero-order valence-corrected chi connectivity index (χ0v) is 17.9. The Labute approximate surface area is 169 Å². The van der Waals surface area contributed by atoms with Gasteiger partial charge in [-0.2, -0.15) is 0 Å². The fourth-order valence-corrected chi connectivity index (χ4v) is 7.61. The van der Waals surface area contributed by atoms with E-state index in [4.69, 9.17) is 10.6 Å². The van der Waals surface area contributed by atoms with Gasteiger partial charge in [0.05, 0.1) is 11.3 Å². The summed E-state index contributed by atoms with van der Waals surface area (Å²) in [5.74, 6) is 2.30. The molecule has 3 N–H and O–H groups in total. The van der Waals surface area contributed by atoms with E-state index in [1.807, 2.05) is 0 Å². The predicted molar refractivity (Wildman–Crippen MR) is 110 cm³/mol. The zero-order valence-electron chi connectivity index (χ0n) is 17.9. The van der Waals surface area contributed by atoms with Gasteiger partial charge >= 0.3 is 0 Å². The molecule has 4 fully saturated rings. The summed E-state index contributed by atoms with van der Waals surface area (Å²) in [5, 5.41) is 16.3. The highest BCUT2D eigenvalue weighted by molar-refractivity contribution is 5.87. The maximum Gasteiger partial charge on any atom is 0.139 e. The van der Waals surface area contributed by atoms with Gasteiger partial charge in [-0.3, -0.25) is 4.79 Å². The van der Waals surface area contributed by atoms with Crippen LogP contribution in [0.4, 0.5) is 0 Å². The first-order valence-corrected chi connectivity index (χ1v) is 11.4. The summed E-state index contributed by atoms with van der Waals surface area (Å²) in [7, 11) is 0. The van der Waals surface area contributed by atoms with E-state index in [1.54, 1.807) is 0 Å². The van der Waals surface area contributed by atoms with Crippen LogP contribution in [0.25, 0.3) is 0 Å². The number of rotatable bonds is 4. The molecule has 0 aliphatic heterocycles. The average Bonchev–Trinajstić information content (AvgIpc) is 2.96. The van der Waals surface area contributed by atoms with Gasteiger partial charge in [0.2, 0.25) is 0 Å². The number of nitrogens with two attached hydrogens (primary N) is 1. The number of carbonyl (C=O) groups is 1. The molecular weight excluding hydrogens is 352 g/mol. The third kappa shape index (κ3) is 2.79. The van der Waals surface area contributed by atoms with Crippen LogP contribution in [-0.4, -0.2) is 35.4 Å². The van der Waals surface area contributed by atoms with E-state index in [0.29, 0.717) is 43.1 Å². The molecule has 0 aromatic heterocycles. The van der Waals surface area contributed by atoms with Crippen molar-refractivity contribution in [1.29, 1.82) is 0 Å². The van der Waals surface area contributed by atoms with E-state index < -0.39 is 5.60 Å². The van der Waals surface area contributed by atoms with Crippen molar-refractivity contribution >= 4 is 11.5 Å². The maximum absolute atomic E-state index is 12.6. The molecule has 28 heavy (non-hydrogen) atoms. The van der Waals surface area contributed by atoms with E-state index in [9.17, 15) is 9.90 Å². The van der Waals surface area contributed by atoms with Crippen LogP contribution in [0.5, 0.6) is 0 Å². The van der Waals surface area contributed by atoms with Crippen molar-refractivity contribution in [3.63, 3.8) is 0 Å². The summed E-state index contributed by atoms with van der Waals surface area (Å²) in [4.78, 5) is 18.1. The second-order valence-electron chi connectivity index (χ2n) is 10.6. The summed E-state index contributed by atoms with van der Waals surface area (Å²) in [6.45, 7) is 7.92. The van der Waals surface area contributed by atoms with Gasteiger partial charge in [0.15, 0.2) is 0 Å². The smallest absolute Gasteiger partial charge is 0.139 e. The first-order chi connectivity index (χ1) is 13.3. The summed E-state index contributed by atoms with van der Waals surface area (Å²) in [6.07, 6.45) is 8.22. The van der Waals surface area contributed by atoms with Crippen molar-refractivity contribution in [3.8, 4) is 0 Å². The van der Waals surface area contributed by atoms with Crippen LogP contribution in [0.2, 0.25) is 0 Å². The average molecular weight is 391 g/mol. The van der Waals surface area contributed by atoms with Crippen molar-refractivity contribution < 1.29 is 14.7 Å². The molecule has 0 aromatic rings. The summed E-state index contributed by atoms with van der Waals surface area (Å²) < 4.78 is 0. The number of carbonyl (C=O) groups excluding carboxylic acids is 1. The molecule has 5 heteroatoms. The highest BCUT2D eigenvalue weighted by atomic mass is 16.6. The number of fused-ring (bicyclic) bond motifs is 5. The van der Waals surface area contributed by atoms with Gasteiger partial charge in [0.1, 0.15) is 12.4 Å². The Morgan fingerprint density at radius 2 is 2.00 bits per heavy atom. The van der Waals surface area contributed by atoms with Crippen LogP contribution in [0.3, 0.4) is 0 Å². The van der Waals surface area contributed by atoms with E-state index >= 15 is 0 Å². The van der Waals surface area contributed by atoms with Gasteiger partial charge in [0.25, 0.3) is 0 Å². The summed E-state index contributed by atoms with van der Waals surface area (Å²) in [6, 6.07) is 0. The number of aliphatic hydroxyl groups is 1. The molecule has 7 atom stereocenters. The second kappa shape index (κ2) is 7.09. The molecule has 0 spiro atoms. The predicted octanol–water partition coefficient (Wildman–Crippen LogP) is 3.68. The van der Waals surface area contributed by atoms with Crippen molar-refractivity contribution in [3.05, 3.63) is 0 Å². The Morgan fingerprint density at radius 1 is 1.21 bits per heavy atom. The summed E-state index contributed by atoms with van der Waals surface area (Å²) >= 11 is 0. The third-order valence-electron chi connectivity index (χ3n) is 9.43. The highest BCUT2D eigenvalue weighted by Crippen LogP contribution is 2.67. The van der Waals surface area contributed by atoms with Crippen LogP contribution in [0.1, 0.15) is 78.6 Å². The standard InChI is InChI=1S/C23H38N2O3/c1-15-13-17-18-5-6-20(26)21(18,2)9-8-19(17)22(3)10-7-16(14-23(15,22)27)25-28-12-4-11-24/h15,17-19,27H,4-14,24H2,1-3H3/b25-16-/t15-,17-,18-,19-,21-,22+,23-/m0/s1. The van der Waals surface area contributed by atoms with Crippen molar-refractivity contribution in [2.75, 3.05) is 13.2 Å². The molecule has 0 amide bonds. The minimum Gasteiger partial charge on any atom is -0.396 e. The third-order valence-corrected chi connectivity index (χ3v) is 9.43. The molecule has 0 unspecified atom stereocenters. The van der Waals surface area contributed by atoms with Crippen LogP contribution in [0, 0.1) is 34.5 Å². The Hall–Kier alpha value is -0.940. The molecule has 158 valence electrons. The van der Waals surface area contributed by atoms with E-state index in [2.05, 4.69) is 25.9 Å². The topological polar surface area (TPSA) is 84.9 Å². The van der Waals surface area contributed by atoms with Gasteiger partial charge in [-0.25, -0.2) is 0 Å². The molecule has 4 aliphatic carbocycles. The fourth-order valence-electron chi connectivity index (χ4n) is 7.61. The maximum atomic E-state index is 12.6. The van der Waals surface area contributed by atoms with Gasteiger partial charge in [-0.05, 0) is 75.2 Å². The number of nitrogens with zero attached hydrogens (tertiary/aromatic N) is 1. The zero-order chi connectivity index (χ0) is 20.2. The molecule has 0 heterocycles. The molecule has 0 radical (unpaired) electrons. The lowest BCUT2D eigenvalue weighted by atomic mass is 9.41. The number of ketones is 1. The quantitative estimate of drug-likeness (QED) is 0.566. The van der Waals surface area contributed by atoms with Crippen LogP contribution >= 0.6 is 0 Å². The Kier molecular flexibility index (Phi) is 5.15. The Balaban J connectivity index is 1.57. The minimum absolute atomic E-state index is 0.0986. The van der Waals surface area contributed by atoms with E-state index in [1.165, 1.54) is 0 Å². The number of hydrogen-bond acceptors (Lipinski definition) is 5. The number of hydrogen-bond donors (Lipinski definition) is 2. The van der Waals surface area contributed by atoms with Crippen molar-refractivity contribution in [2.24, 2.45) is 45.4 Å². The van der Waals surface area contributed by atoms with E-state index in [0.717, 1.165) is 57.1 Å². The first kappa shape index (κ1) is 20.3. The lowest BCUT2D eigenvalue weighted by molar-refractivity contribution is -0.214. The molecule has 4 aliphatic rings. The molecule has 4 saturated carbocycles. The fraction of sp³-hybridized carbons (Fsp3) is 0.913. The summed E-state index contributed by atoms with van der Waals surface area (Å²) in [5.41, 5.74) is 5.59. The molecular formula is C23H38N2O3. The van der Waals surface area contributed by atoms with Gasteiger partial charge in [0, 0.05) is 23.7 Å². The largest absolute Gasteiger partial charge is 0.396 e. The minimum atomic E-state index is -0.723. The number of oxime groups is 1. The van der Waals surface area contributed by atoms with Crippen LogP contribution in [-0.2, 0) is 9.63 Å². The van der Waals surface area contributed by atoms with Crippen LogP contribution in [0.15, 0.2) is 5.16 Å². The normalized spacial score (nSPS) is 49.5. The molecule has 0 aromatic carbocycles. The van der Waals surface area contributed by atoms with E-state index in [-0.39, 0.29) is 16.7 Å². The monoisotopic (exact) mass is 390 g/mol. The SMILES string of the molecule is C[C@H]1C[C@H]2[C@@H]3CCC(=O)[C@@]3(C)CC[C@@H]2[C@@]2(C)CC/C(=N/OCCCN)C[C@]12O. The van der Waals surface area contributed by atoms with Gasteiger partial charge in [-0.15, -0.1) is 0 Å². The second-order valence-corrected chi connectivity index (χ2v) is 10.6. The Bertz CT molecular complexity index is 664. The van der Waals surface area contributed by atoms with Gasteiger partial charge in [-0.1, -0.05) is 25.9 Å². The highest BCUT2D eigenvalue weighted by Gasteiger charge is 2.66. The van der Waals surface area contributed by atoms with Crippen LogP contribution < -0.4 is 5.73 Å². The molecule has 4 rings (SSSR count). The van der Waals surface area contributed by atoms with Gasteiger partial charge < -0.3 is 15.7 Å². The first-order valence-electron chi connectivity index (χ1n) is 11.4. The molecule has 0 saturated heterocycles. The number of Topliss-reactive ketones (excluding diaryl/α,β-unsaturated/α-hetero) is 1. The van der Waals surface area contributed by atoms with Crippen molar-refractivity contribution in [2.45, 2.75) is 84.2 Å².